The first-order valence-corrected chi connectivity index (χ1v) is 11.4. The molecule has 1 unspecified atom stereocenters. The Morgan fingerprint density at radius 2 is 1.65 bits per heavy atom. The van der Waals surface area contributed by atoms with Crippen LogP contribution >= 0.6 is 11.6 Å². The lowest BCUT2D eigenvalue weighted by Crippen LogP contribution is -2.58. The van der Waals surface area contributed by atoms with E-state index in [2.05, 4.69) is 14.7 Å². The summed E-state index contributed by atoms with van der Waals surface area (Å²) in [5.41, 5.74) is 2.00. The zero-order valence-corrected chi connectivity index (χ0v) is 17.8. The molecule has 1 fully saturated rings. The summed E-state index contributed by atoms with van der Waals surface area (Å²) >= 11 is 6.00. The molecule has 0 bridgehead atoms. The Hall–Kier alpha value is -2.46. The standard InChI is InChI=1S/C21H19ClF2N4O2S/c22-17-3-1-15(2-4-17)21(16-9-25-13-26-10-16)28-11-20(12-28)31(29,30)27-8-14-5-18(23)7-19(24)6-14/h1-7,9-10,13,20-21,27H,8,11-12H2. The van der Waals surface area contributed by atoms with Gasteiger partial charge in [0.05, 0.1) is 6.04 Å². The largest absolute Gasteiger partial charge is 0.289 e. The van der Waals surface area contributed by atoms with E-state index in [0.29, 0.717) is 5.02 Å². The van der Waals surface area contributed by atoms with Crippen molar-refractivity contribution in [1.82, 2.24) is 19.6 Å². The average molecular weight is 465 g/mol. The molecule has 2 heterocycles. The summed E-state index contributed by atoms with van der Waals surface area (Å²) in [5.74, 6) is -1.50. The van der Waals surface area contributed by atoms with E-state index in [9.17, 15) is 17.2 Å². The van der Waals surface area contributed by atoms with E-state index in [4.69, 9.17) is 11.6 Å². The van der Waals surface area contributed by atoms with E-state index < -0.39 is 26.9 Å². The maximum atomic E-state index is 13.3. The summed E-state index contributed by atoms with van der Waals surface area (Å²) in [5, 5.41) is -0.0424. The number of nitrogens with zero attached hydrogens (tertiary/aromatic N) is 3. The Kier molecular flexibility index (Phi) is 6.29. The second-order valence-electron chi connectivity index (χ2n) is 7.35. The third-order valence-electron chi connectivity index (χ3n) is 5.16. The van der Waals surface area contributed by atoms with Gasteiger partial charge in [0.15, 0.2) is 0 Å². The Labute approximate surface area is 184 Å². The van der Waals surface area contributed by atoms with Crippen LogP contribution in [0.2, 0.25) is 5.02 Å². The number of likely N-dealkylation sites (tertiary alicyclic amines) is 1. The molecular formula is C21H19ClF2N4O2S. The van der Waals surface area contributed by atoms with Gasteiger partial charge in [-0.2, -0.15) is 0 Å². The minimum atomic E-state index is -3.67. The van der Waals surface area contributed by atoms with Crippen molar-refractivity contribution >= 4 is 21.6 Å². The molecule has 2 aromatic carbocycles. The van der Waals surface area contributed by atoms with Gasteiger partial charge in [0.2, 0.25) is 10.0 Å². The summed E-state index contributed by atoms with van der Waals surface area (Å²) in [6.07, 6.45) is 4.83. The van der Waals surface area contributed by atoms with Gasteiger partial charge in [0.1, 0.15) is 23.2 Å². The van der Waals surface area contributed by atoms with Crippen LogP contribution in [0.1, 0.15) is 22.7 Å². The molecule has 1 N–H and O–H groups in total. The fourth-order valence-corrected chi connectivity index (χ4v) is 5.11. The van der Waals surface area contributed by atoms with Crippen molar-refractivity contribution in [2.45, 2.75) is 17.8 Å². The summed E-state index contributed by atoms with van der Waals surface area (Å²) in [7, 11) is -3.67. The van der Waals surface area contributed by atoms with Crippen LogP contribution in [-0.2, 0) is 16.6 Å². The molecule has 1 atom stereocenters. The molecule has 10 heteroatoms. The summed E-state index contributed by atoms with van der Waals surface area (Å²) in [4.78, 5) is 10.2. The van der Waals surface area contributed by atoms with E-state index in [-0.39, 0.29) is 31.2 Å². The molecule has 4 rings (SSSR count). The molecule has 0 spiro atoms. The predicted octanol–water partition coefficient (Wildman–Crippen LogP) is 3.30. The van der Waals surface area contributed by atoms with Gasteiger partial charge in [-0.05, 0) is 35.4 Å². The van der Waals surface area contributed by atoms with Crippen LogP contribution in [0.5, 0.6) is 0 Å². The third kappa shape index (κ3) is 5.07. The molecule has 31 heavy (non-hydrogen) atoms. The molecule has 0 radical (unpaired) electrons. The van der Waals surface area contributed by atoms with Crippen molar-refractivity contribution in [3.63, 3.8) is 0 Å². The van der Waals surface area contributed by atoms with E-state index >= 15 is 0 Å². The number of hydrogen-bond donors (Lipinski definition) is 1. The summed E-state index contributed by atoms with van der Waals surface area (Å²) in [6.45, 7) is 0.394. The predicted molar refractivity (Wildman–Crippen MR) is 113 cm³/mol. The van der Waals surface area contributed by atoms with E-state index in [0.717, 1.165) is 29.3 Å². The molecule has 0 amide bonds. The van der Waals surface area contributed by atoms with Crippen LogP contribution in [0.25, 0.3) is 0 Å². The van der Waals surface area contributed by atoms with Gasteiger partial charge in [-0.3, -0.25) is 4.90 Å². The van der Waals surface area contributed by atoms with E-state index in [1.165, 1.54) is 6.33 Å². The van der Waals surface area contributed by atoms with Crippen molar-refractivity contribution in [3.8, 4) is 0 Å². The smallest absolute Gasteiger partial charge is 0.217 e. The first-order chi connectivity index (χ1) is 14.8. The lowest BCUT2D eigenvalue weighted by molar-refractivity contribution is 0.143. The molecule has 3 aromatic rings. The van der Waals surface area contributed by atoms with Crippen molar-refractivity contribution < 1.29 is 17.2 Å². The van der Waals surface area contributed by atoms with Gasteiger partial charge in [0, 0.05) is 48.7 Å². The molecule has 1 aliphatic heterocycles. The molecule has 0 saturated carbocycles. The lowest BCUT2D eigenvalue weighted by Gasteiger charge is -2.43. The van der Waals surface area contributed by atoms with Crippen molar-refractivity contribution in [2.75, 3.05) is 13.1 Å². The highest BCUT2D eigenvalue weighted by atomic mass is 35.5. The number of sulfonamides is 1. The Morgan fingerprint density at radius 3 is 2.26 bits per heavy atom. The summed E-state index contributed by atoms with van der Waals surface area (Å²) in [6, 6.07) is 10.1. The molecule has 1 aromatic heterocycles. The summed E-state index contributed by atoms with van der Waals surface area (Å²) < 4.78 is 54.5. The topological polar surface area (TPSA) is 75.2 Å². The maximum Gasteiger partial charge on any atom is 0.217 e. The van der Waals surface area contributed by atoms with Gasteiger partial charge in [-0.1, -0.05) is 23.7 Å². The number of aromatic nitrogens is 2. The van der Waals surface area contributed by atoms with Gasteiger partial charge >= 0.3 is 0 Å². The van der Waals surface area contributed by atoms with Gasteiger partial charge in [-0.15, -0.1) is 0 Å². The Morgan fingerprint density at radius 1 is 1.03 bits per heavy atom. The number of halogens is 3. The van der Waals surface area contributed by atoms with Crippen LogP contribution in [-0.4, -0.2) is 41.6 Å². The van der Waals surface area contributed by atoms with E-state index in [1.807, 2.05) is 17.0 Å². The fraction of sp³-hybridized carbons (Fsp3) is 0.238. The zero-order chi connectivity index (χ0) is 22.0. The number of benzene rings is 2. The van der Waals surface area contributed by atoms with Crippen molar-refractivity contribution in [1.29, 1.82) is 0 Å². The minimum absolute atomic E-state index is 0.180. The van der Waals surface area contributed by atoms with Crippen LogP contribution in [0, 0.1) is 11.6 Å². The molecular weight excluding hydrogens is 446 g/mol. The zero-order valence-electron chi connectivity index (χ0n) is 16.2. The normalized spacial score (nSPS) is 16.1. The second-order valence-corrected chi connectivity index (χ2v) is 9.83. The minimum Gasteiger partial charge on any atom is -0.289 e. The maximum absolute atomic E-state index is 13.3. The third-order valence-corrected chi connectivity index (χ3v) is 7.14. The number of hydrogen-bond acceptors (Lipinski definition) is 5. The van der Waals surface area contributed by atoms with Gasteiger partial charge in [0.25, 0.3) is 0 Å². The Balaban J connectivity index is 1.46. The Bertz CT molecular complexity index is 1140. The fourth-order valence-electron chi connectivity index (χ4n) is 3.60. The molecule has 162 valence electrons. The van der Waals surface area contributed by atoms with Crippen LogP contribution in [0.15, 0.2) is 61.2 Å². The van der Waals surface area contributed by atoms with E-state index in [1.54, 1.807) is 24.5 Å². The highest BCUT2D eigenvalue weighted by molar-refractivity contribution is 7.90. The monoisotopic (exact) mass is 464 g/mol. The quantitative estimate of drug-likeness (QED) is 0.580. The van der Waals surface area contributed by atoms with Crippen LogP contribution in [0.3, 0.4) is 0 Å². The molecule has 1 aliphatic rings. The van der Waals surface area contributed by atoms with Gasteiger partial charge in [-0.25, -0.2) is 31.9 Å². The average Bonchev–Trinajstić information content (AvgIpc) is 2.69. The first kappa shape index (κ1) is 21.8. The highest BCUT2D eigenvalue weighted by Gasteiger charge is 2.41. The van der Waals surface area contributed by atoms with Crippen molar-refractivity contribution in [3.05, 3.63) is 94.5 Å². The SMILES string of the molecule is O=S(=O)(NCc1cc(F)cc(F)c1)C1CN(C(c2ccc(Cl)cc2)c2cncnc2)C1. The first-order valence-electron chi connectivity index (χ1n) is 9.50. The lowest BCUT2D eigenvalue weighted by atomic mass is 9.96. The molecule has 1 saturated heterocycles. The molecule has 0 aliphatic carbocycles. The van der Waals surface area contributed by atoms with Crippen molar-refractivity contribution in [2.24, 2.45) is 0 Å². The van der Waals surface area contributed by atoms with Crippen LogP contribution < -0.4 is 4.72 Å². The number of rotatable bonds is 7. The van der Waals surface area contributed by atoms with Crippen LogP contribution in [0.4, 0.5) is 8.78 Å². The van der Waals surface area contributed by atoms with Gasteiger partial charge < -0.3 is 0 Å². The second kappa shape index (κ2) is 8.96. The molecule has 6 nitrogen and oxygen atoms in total. The highest BCUT2D eigenvalue weighted by Crippen LogP contribution is 2.34. The number of nitrogens with one attached hydrogen (secondary N) is 1.